The number of halogens is 1. The highest BCUT2D eigenvalue weighted by Gasteiger charge is 2.07. The first-order valence-electron chi connectivity index (χ1n) is 4.50. The summed E-state index contributed by atoms with van der Waals surface area (Å²) in [4.78, 5) is 7.76. The normalized spacial score (nSPS) is 9.81. The van der Waals surface area contributed by atoms with Crippen molar-refractivity contribution in [2.75, 3.05) is 0 Å². The first-order chi connectivity index (χ1) is 7.81. The Morgan fingerprint density at radius 1 is 1.38 bits per heavy atom. The maximum Gasteiger partial charge on any atom is 0.123 e. The van der Waals surface area contributed by atoms with Crippen molar-refractivity contribution in [3.63, 3.8) is 0 Å². The van der Waals surface area contributed by atoms with Crippen LogP contribution in [-0.4, -0.2) is 4.98 Å². The smallest absolute Gasteiger partial charge is 0.123 e. The number of hydrogen-bond donors (Lipinski definition) is 0. The van der Waals surface area contributed by atoms with Crippen molar-refractivity contribution in [3.8, 4) is 11.3 Å². The quantitative estimate of drug-likeness (QED) is 0.453. The fourth-order valence-electron chi connectivity index (χ4n) is 1.32. The first-order valence-corrected chi connectivity index (χ1v) is 5.38. The third-order valence-corrected chi connectivity index (χ3v) is 2.85. The van der Waals surface area contributed by atoms with E-state index in [0.717, 1.165) is 16.1 Å². The lowest BCUT2D eigenvalue weighted by molar-refractivity contribution is 0.628. The number of hydrogen-bond acceptors (Lipinski definition) is 3. The van der Waals surface area contributed by atoms with Crippen LogP contribution in [0.4, 0.5) is 4.39 Å². The number of thiazole rings is 1. The van der Waals surface area contributed by atoms with E-state index in [9.17, 15) is 4.39 Å². The SMILES string of the molecule is [N-]=[N+]=NCc1scnc1-c1ccc(F)cc1. The predicted molar refractivity (Wildman–Crippen MR) is 60.4 cm³/mol. The molecule has 2 aromatic rings. The minimum Gasteiger partial charge on any atom is -0.244 e. The van der Waals surface area contributed by atoms with Gasteiger partial charge in [-0.2, -0.15) is 0 Å². The van der Waals surface area contributed by atoms with Gasteiger partial charge >= 0.3 is 0 Å². The van der Waals surface area contributed by atoms with Crippen LogP contribution in [0.15, 0.2) is 34.9 Å². The van der Waals surface area contributed by atoms with Crippen molar-refractivity contribution in [2.24, 2.45) is 5.11 Å². The second-order valence-electron chi connectivity index (χ2n) is 3.02. The highest BCUT2D eigenvalue weighted by atomic mass is 32.1. The van der Waals surface area contributed by atoms with Crippen molar-refractivity contribution in [2.45, 2.75) is 6.54 Å². The summed E-state index contributed by atoms with van der Waals surface area (Å²) < 4.78 is 12.7. The number of nitrogens with zero attached hydrogens (tertiary/aromatic N) is 4. The molecule has 0 bridgehead atoms. The fourth-order valence-corrected chi connectivity index (χ4v) is 2.02. The lowest BCUT2D eigenvalue weighted by atomic mass is 10.1. The molecule has 0 aliphatic rings. The molecule has 0 saturated carbocycles. The lowest BCUT2D eigenvalue weighted by Gasteiger charge is -1.99. The minimum absolute atomic E-state index is 0.272. The van der Waals surface area contributed by atoms with E-state index in [1.165, 1.54) is 23.5 Å². The molecular formula is C10H7FN4S. The zero-order valence-corrected chi connectivity index (χ0v) is 8.99. The maximum absolute atomic E-state index is 12.7. The average molecular weight is 234 g/mol. The Bertz CT molecular complexity index is 528. The van der Waals surface area contributed by atoms with E-state index < -0.39 is 0 Å². The molecule has 1 aromatic carbocycles. The summed E-state index contributed by atoms with van der Waals surface area (Å²) in [6.45, 7) is 0.272. The zero-order valence-electron chi connectivity index (χ0n) is 8.17. The molecular weight excluding hydrogens is 227 g/mol. The van der Waals surface area contributed by atoms with Crippen LogP contribution < -0.4 is 0 Å². The van der Waals surface area contributed by atoms with Crippen LogP contribution in [0.2, 0.25) is 0 Å². The minimum atomic E-state index is -0.282. The van der Waals surface area contributed by atoms with Gasteiger partial charge in [0, 0.05) is 15.4 Å². The largest absolute Gasteiger partial charge is 0.244 e. The van der Waals surface area contributed by atoms with Gasteiger partial charge in [0.1, 0.15) is 5.82 Å². The van der Waals surface area contributed by atoms with E-state index in [1.807, 2.05) is 0 Å². The van der Waals surface area contributed by atoms with Gasteiger partial charge in [-0.15, -0.1) is 11.3 Å². The summed E-state index contributed by atoms with van der Waals surface area (Å²) in [5, 5.41) is 3.49. The van der Waals surface area contributed by atoms with E-state index in [-0.39, 0.29) is 12.4 Å². The summed E-state index contributed by atoms with van der Waals surface area (Å²) >= 11 is 1.42. The lowest BCUT2D eigenvalue weighted by Crippen LogP contribution is -1.84. The molecule has 0 fully saturated rings. The summed E-state index contributed by atoms with van der Waals surface area (Å²) in [7, 11) is 0. The Morgan fingerprint density at radius 3 is 2.81 bits per heavy atom. The standard InChI is InChI=1S/C10H7FN4S/c11-8-3-1-7(2-4-8)10-9(5-14-15-12)16-6-13-10/h1-4,6H,5H2. The van der Waals surface area contributed by atoms with E-state index in [0.29, 0.717) is 0 Å². The van der Waals surface area contributed by atoms with Crippen molar-refractivity contribution in [1.82, 2.24) is 4.98 Å². The average Bonchev–Trinajstić information content (AvgIpc) is 2.75. The number of azide groups is 1. The molecule has 6 heteroatoms. The molecule has 0 amide bonds. The van der Waals surface area contributed by atoms with Gasteiger partial charge < -0.3 is 0 Å². The van der Waals surface area contributed by atoms with Crippen molar-refractivity contribution < 1.29 is 4.39 Å². The molecule has 0 unspecified atom stereocenters. The second kappa shape index (κ2) is 4.74. The van der Waals surface area contributed by atoms with Crippen LogP contribution in [0.5, 0.6) is 0 Å². The van der Waals surface area contributed by atoms with Gasteiger partial charge in [-0.1, -0.05) is 5.11 Å². The molecule has 0 radical (unpaired) electrons. The second-order valence-corrected chi connectivity index (χ2v) is 3.96. The molecule has 16 heavy (non-hydrogen) atoms. The molecule has 0 spiro atoms. The van der Waals surface area contributed by atoms with Gasteiger partial charge in [0.15, 0.2) is 0 Å². The molecule has 0 N–H and O–H groups in total. The predicted octanol–water partition coefficient (Wildman–Crippen LogP) is 3.76. The monoisotopic (exact) mass is 234 g/mol. The Labute approximate surface area is 95.0 Å². The van der Waals surface area contributed by atoms with Crippen LogP contribution in [0.25, 0.3) is 21.7 Å². The van der Waals surface area contributed by atoms with E-state index in [1.54, 1.807) is 17.6 Å². The Kier molecular flexibility index (Phi) is 3.14. The van der Waals surface area contributed by atoms with Gasteiger partial charge in [0.25, 0.3) is 0 Å². The molecule has 0 aliphatic carbocycles. The molecule has 0 saturated heterocycles. The van der Waals surface area contributed by atoms with E-state index in [2.05, 4.69) is 15.0 Å². The van der Waals surface area contributed by atoms with Crippen molar-refractivity contribution in [1.29, 1.82) is 0 Å². The molecule has 0 aliphatic heterocycles. The van der Waals surface area contributed by atoms with Crippen molar-refractivity contribution in [3.05, 3.63) is 50.9 Å². The van der Waals surface area contributed by atoms with Crippen molar-refractivity contribution >= 4 is 11.3 Å². The molecule has 0 atom stereocenters. The Morgan fingerprint density at radius 2 is 2.12 bits per heavy atom. The molecule has 80 valence electrons. The van der Waals surface area contributed by atoms with Gasteiger partial charge in [-0.05, 0) is 29.8 Å². The maximum atomic E-state index is 12.7. The Hall–Kier alpha value is -1.91. The highest BCUT2D eigenvalue weighted by Crippen LogP contribution is 2.26. The number of benzene rings is 1. The molecule has 1 heterocycles. The van der Waals surface area contributed by atoms with Gasteiger partial charge in [0.2, 0.25) is 0 Å². The molecule has 1 aromatic heterocycles. The fraction of sp³-hybridized carbons (Fsp3) is 0.100. The number of aromatic nitrogens is 1. The topological polar surface area (TPSA) is 61.7 Å². The van der Waals surface area contributed by atoms with Crippen LogP contribution in [0.3, 0.4) is 0 Å². The van der Waals surface area contributed by atoms with E-state index >= 15 is 0 Å². The van der Waals surface area contributed by atoms with Gasteiger partial charge in [-0.3, -0.25) is 0 Å². The van der Waals surface area contributed by atoms with Crippen LogP contribution in [0.1, 0.15) is 4.88 Å². The van der Waals surface area contributed by atoms with Gasteiger partial charge in [0.05, 0.1) is 17.7 Å². The van der Waals surface area contributed by atoms with Crippen LogP contribution >= 0.6 is 11.3 Å². The molecule has 4 nitrogen and oxygen atoms in total. The third kappa shape index (κ3) is 2.18. The summed E-state index contributed by atoms with van der Waals surface area (Å²) in [5.74, 6) is -0.282. The Balaban J connectivity index is 2.36. The summed E-state index contributed by atoms with van der Waals surface area (Å²) in [5.41, 5.74) is 11.5. The van der Waals surface area contributed by atoms with E-state index in [4.69, 9.17) is 5.53 Å². The van der Waals surface area contributed by atoms with Crippen LogP contribution in [0, 0.1) is 5.82 Å². The third-order valence-electron chi connectivity index (χ3n) is 2.04. The first kappa shape index (κ1) is 10.6. The number of rotatable bonds is 3. The van der Waals surface area contributed by atoms with Crippen LogP contribution in [-0.2, 0) is 6.54 Å². The van der Waals surface area contributed by atoms with Gasteiger partial charge in [-0.25, -0.2) is 9.37 Å². The summed E-state index contributed by atoms with van der Waals surface area (Å²) in [6, 6.07) is 6.08. The zero-order chi connectivity index (χ0) is 11.4. The molecule has 2 rings (SSSR count). The summed E-state index contributed by atoms with van der Waals surface area (Å²) in [6.07, 6.45) is 0. The highest BCUT2D eigenvalue weighted by molar-refractivity contribution is 7.10.